The first-order chi connectivity index (χ1) is 8.17. The number of hydrogen-bond donors (Lipinski definition) is 0. The van der Waals surface area contributed by atoms with Crippen LogP contribution in [-0.2, 0) is 6.54 Å². The van der Waals surface area contributed by atoms with E-state index in [2.05, 4.69) is 11.0 Å². The lowest BCUT2D eigenvalue weighted by Crippen LogP contribution is -2.41. The first-order valence-electron chi connectivity index (χ1n) is 5.91. The normalized spacial score (nSPS) is 20.1. The highest BCUT2D eigenvalue weighted by atomic mass is 32.2. The third-order valence-corrected chi connectivity index (χ3v) is 4.71. The van der Waals surface area contributed by atoms with Gasteiger partial charge in [0.15, 0.2) is 0 Å². The van der Waals surface area contributed by atoms with Gasteiger partial charge in [0, 0.05) is 13.1 Å². The Morgan fingerprint density at radius 2 is 2.18 bits per heavy atom. The molecule has 0 amide bonds. The van der Waals surface area contributed by atoms with Crippen LogP contribution in [0.15, 0.2) is 16.5 Å². The first-order valence-corrected chi connectivity index (χ1v) is 7.14. The molecule has 17 heavy (non-hydrogen) atoms. The second-order valence-electron chi connectivity index (χ2n) is 4.60. The van der Waals surface area contributed by atoms with Gasteiger partial charge in [-0.25, -0.2) is 0 Å². The molecule has 1 aromatic heterocycles. The van der Waals surface area contributed by atoms with Gasteiger partial charge in [0.2, 0.25) is 0 Å². The van der Waals surface area contributed by atoms with Gasteiger partial charge in [-0.15, -0.1) is 11.8 Å². The number of likely N-dealkylation sites (tertiary alicyclic amines) is 1. The Labute approximate surface area is 107 Å². The summed E-state index contributed by atoms with van der Waals surface area (Å²) in [6, 6.07) is 6.51. The average molecular weight is 250 g/mol. The third-order valence-electron chi connectivity index (χ3n) is 3.43. The summed E-state index contributed by atoms with van der Waals surface area (Å²) in [7, 11) is 0. The lowest BCUT2D eigenvalue weighted by Gasteiger charge is -2.35. The van der Waals surface area contributed by atoms with Crippen molar-refractivity contribution in [1.82, 2.24) is 4.90 Å². The fraction of sp³-hybridized carbons (Fsp3) is 0.615. The van der Waals surface area contributed by atoms with E-state index in [-0.39, 0.29) is 4.75 Å². The van der Waals surface area contributed by atoms with E-state index < -0.39 is 0 Å². The van der Waals surface area contributed by atoms with Crippen molar-refractivity contribution in [3.63, 3.8) is 0 Å². The topological polar surface area (TPSA) is 40.2 Å². The lowest BCUT2D eigenvalue weighted by atomic mass is 9.97. The second-order valence-corrected chi connectivity index (χ2v) is 5.79. The van der Waals surface area contributed by atoms with Crippen molar-refractivity contribution < 1.29 is 4.42 Å². The van der Waals surface area contributed by atoms with Crippen molar-refractivity contribution in [2.75, 3.05) is 19.3 Å². The van der Waals surface area contributed by atoms with Gasteiger partial charge in [-0.3, -0.25) is 4.90 Å². The lowest BCUT2D eigenvalue weighted by molar-refractivity contribution is 0.194. The van der Waals surface area contributed by atoms with Gasteiger partial charge in [-0.2, -0.15) is 5.26 Å². The molecule has 0 spiro atoms. The molecule has 1 fully saturated rings. The predicted molar refractivity (Wildman–Crippen MR) is 69.8 cm³/mol. The molecule has 0 aromatic carbocycles. The average Bonchev–Trinajstić information content (AvgIpc) is 2.76. The smallest absolute Gasteiger partial charge is 0.118 e. The molecule has 2 rings (SSSR count). The first kappa shape index (κ1) is 12.5. The summed E-state index contributed by atoms with van der Waals surface area (Å²) in [6.45, 7) is 4.79. The van der Waals surface area contributed by atoms with Crippen LogP contribution in [0.2, 0.25) is 0 Å². The summed E-state index contributed by atoms with van der Waals surface area (Å²) in [4.78, 5) is 2.37. The molecule has 3 nitrogen and oxygen atoms in total. The van der Waals surface area contributed by atoms with Crippen LogP contribution < -0.4 is 0 Å². The Bertz CT molecular complexity index is 413. The highest BCUT2D eigenvalue weighted by Gasteiger charge is 2.33. The van der Waals surface area contributed by atoms with Crippen LogP contribution in [-0.4, -0.2) is 29.0 Å². The minimum absolute atomic E-state index is 0.157. The molecular weight excluding hydrogens is 232 g/mol. The van der Waals surface area contributed by atoms with E-state index in [1.54, 1.807) is 11.8 Å². The Kier molecular flexibility index (Phi) is 3.80. The Hall–Kier alpha value is -0.920. The van der Waals surface area contributed by atoms with Gasteiger partial charge in [0.25, 0.3) is 0 Å². The molecule has 0 N–H and O–H groups in total. The van der Waals surface area contributed by atoms with Crippen LogP contribution in [0, 0.1) is 18.3 Å². The van der Waals surface area contributed by atoms with Crippen LogP contribution >= 0.6 is 11.8 Å². The number of aryl methyl sites for hydroxylation is 1. The summed E-state index contributed by atoms with van der Waals surface area (Å²) in [5, 5.41) is 9.21. The standard InChI is InChI=1S/C13H18N2OS/c1-11-3-4-12(16-11)9-15-7-5-13(10-14,17-2)6-8-15/h3-4H,5-9H2,1-2H3. The molecule has 4 heteroatoms. The van der Waals surface area contributed by atoms with E-state index in [1.165, 1.54) is 0 Å². The van der Waals surface area contributed by atoms with Crippen molar-refractivity contribution in [2.45, 2.75) is 31.1 Å². The van der Waals surface area contributed by atoms with Gasteiger partial charge in [-0.05, 0) is 38.2 Å². The maximum Gasteiger partial charge on any atom is 0.118 e. The zero-order valence-corrected chi connectivity index (χ0v) is 11.2. The van der Waals surface area contributed by atoms with E-state index in [0.717, 1.165) is 44.0 Å². The van der Waals surface area contributed by atoms with Crippen LogP contribution in [0.1, 0.15) is 24.4 Å². The SMILES string of the molecule is CSC1(C#N)CCN(Cc2ccc(C)o2)CC1. The summed E-state index contributed by atoms with van der Waals surface area (Å²) in [5.74, 6) is 1.99. The number of thioether (sulfide) groups is 1. The van der Waals surface area contributed by atoms with Crippen LogP contribution in [0.4, 0.5) is 0 Å². The fourth-order valence-corrected chi connectivity index (χ4v) is 2.91. The zero-order valence-electron chi connectivity index (χ0n) is 10.4. The maximum atomic E-state index is 9.21. The maximum absolute atomic E-state index is 9.21. The van der Waals surface area contributed by atoms with Gasteiger partial charge in [0.05, 0.1) is 12.6 Å². The van der Waals surface area contributed by atoms with Crippen molar-refractivity contribution in [2.24, 2.45) is 0 Å². The highest BCUT2D eigenvalue weighted by molar-refractivity contribution is 8.00. The Balaban J connectivity index is 1.90. The molecule has 1 aliphatic rings. The number of rotatable bonds is 3. The van der Waals surface area contributed by atoms with Gasteiger partial charge >= 0.3 is 0 Å². The predicted octanol–water partition coefficient (Wildman–Crippen LogP) is 2.81. The molecule has 0 bridgehead atoms. The van der Waals surface area contributed by atoms with Crippen molar-refractivity contribution >= 4 is 11.8 Å². The summed E-state index contributed by atoms with van der Waals surface area (Å²) >= 11 is 1.69. The van der Waals surface area contributed by atoms with Crippen LogP contribution in [0.5, 0.6) is 0 Å². The summed E-state index contributed by atoms with van der Waals surface area (Å²) in [5.41, 5.74) is 0. The largest absolute Gasteiger partial charge is 0.465 e. The quantitative estimate of drug-likeness (QED) is 0.827. The molecule has 0 atom stereocenters. The van der Waals surface area contributed by atoms with Gasteiger partial charge < -0.3 is 4.42 Å². The molecule has 2 heterocycles. The van der Waals surface area contributed by atoms with E-state index in [0.29, 0.717) is 0 Å². The van der Waals surface area contributed by atoms with Crippen LogP contribution in [0.25, 0.3) is 0 Å². The fourth-order valence-electron chi connectivity index (χ4n) is 2.22. The van der Waals surface area contributed by atoms with E-state index >= 15 is 0 Å². The van der Waals surface area contributed by atoms with Gasteiger partial charge in [0.1, 0.15) is 16.3 Å². The molecule has 1 aromatic rings. The van der Waals surface area contributed by atoms with E-state index in [9.17, 15) is 5.26 Å². The van der Waals surface area contributed by atoms with Crippen molar-refractivity contribution in [3.05, 3.63) is 23.7 Å². The molecule has 0 unspecified atom stereocenters. The second kappa shape index (κ2) is 5.16. The van der Waals surface area contributed by atoms with Crippen molar-refractivity contribution in [1.29, 1.82) is 5.26 Å². The molecule has 1 aliphatic heterocycles. The Morgan fingerprint density at radius 3 is 2.65 bits per heavy atom. The molecule has 92 valence electrons. The molecule has 0 saturated carbocycles. The molecule has 0 aliphatic carbocycles. The Morgan fingerprint density at radius 1 is 1.47 bits per heavy atom. The van der Waals surface area contributed by atoms with E-state index in [1.807, 2.05) is 25.3 Å². The molecule has 0 radical (unpaired) electrons. The minimum Gasteiger partial charge on any atom is -0.465 e. The molecular formula is C13H18N2OS. The van der Waals surface area contributed by atoms with E-state index in [4.69, 9.17) is 4.42 Å². The number of furan rings is 1. The summed E-state index contributed by atoms with van der Waals surface area (Å²) < 4.78 is 5.42. The minimum atomic E-state index is -0.157. The summed E-state index contributed by atoms with van der Waals surface area (Å²) in [6.07, 6.45) is 3.93. The van der Waals surface area contributed by atoms with Crippen molar-refractivity contribution in [3.8, 4) is 6.07 Å². The monoisotopic (exact) mass is 250 g/mol. The highest BCUT2D eigenvalue weighted by Crippen LogP contribution is 2.34. The zero-order chi connectivity index (χ0) is 12.3. The number of nitrogens with zero attached hydrogens (tertiary/aromatic N) is 2. The van der Waals surface area contributed by atoms with Gasteiger partial charge in [-0.1, -0.05) is 0 Å². The molecule has 1 saturated heterocycles. The number of nitriles is 1. The number of hydrogen-bond acceptors (Lipinski definition) is 4. The number of piperidine rings is 1. The van der Waals surface area contributed by atoms with Crippen LogP contribution in [0.3, 0.4) is 0 Å². The third kappa shape index (κ3) is 2.85.